The quantitative estimate of drug-likeness (QED) is 0.835. The van der Waals surface area contributed by atoms with Crippen LogP contribution in [0.1, 0.15) is 19.0 Å². The van der Waals surface area contributed by atoms with Crippen LogP contribution in [0.2, 0.25) is 0 Å². The minimum Gasteiger partial charge on any atom is -0.343 e. The molecule has 96 valence electrons. The molecule has 0 spiro atoms. The van der Waals surface area contributed by atoms with E-state index in [1.165, 1.54) is 0 Å². The summed E-state index contributed by atoms with van der Waals surface area (Å²) in [5.74, 6) is -0.0736. The molecule has 0 saturated carbocycles. The van der Waals surface area contributed by atoms with Crippen molar-refractivity contribution in [3.8, 4) is 0 Å². The number of nitrogens with zero attached hydrogens (tertiary/aromatic N) is 2. The number of aromatic nitrogens is 1. The van der Waals surface area contributed by atoms with Crippen molar-refractivity contribution in [2.24, 2.45) is 0 Å². The first kappa shape index (κ1) is 12.5. The zero-order chi connectivity index (χ0) is 13.0. The van der Waals surface area contributed by atoms with Crippen molar-refractivity contribution in [2.45, 2.75) is 25.8 Å². The van der Waals surface area contributed by atoms with Crippen LogP contribution in [0.15, 0.2) is 24.4 Å². The molecule has 5 heteroatoms. The lowest BCUT2D eigenvalue weighted by Gasteiger charge is -2.32. The minimum atomic E-state index is -0.366. The van der Waals surface area contributed by atoms with E-state index in [-0.39, 0.29) is 24.4 Å². The molecule has 0 aliphatic carbocycles. The van der Waals surface area contributed by atoms with E-state index in [9.17, 15) is 9.59 Å². The average Bonchev–Trinajstić information content (AvgIpc) is 2.40. The van der Waals surface area contributed by atoms with Gasteiger partial charge in [0.2, 0.25) is 11.8 Å². The van der Waals surface area contributed by atoms with Crippen LogP contribution < -0.4 is 5.32 Å². The fraction of sp³-hybridized carbons (Fsp3) is 0.462. The van der Waals surface area contributed by atoms with Gasteiger partial charge in [0.15, 0.2) is 0 Å². The first-order valence-electron chi connectivity index (χ1n) is 6.18. The molecule has 1 unspecified atom stereocenters. The summed E-state index contributed by atoms with van der Waals surface area (Å²) in [6.07, 6.45) is 3.04. The van der Waals surface area contributed by atoms with Gasteiger partial charge in [-0.25, -0.2) is 0 Å². The van der Waals surface area contributed by atoms with Crippen LogP contribution in [0.3, 0.4) is 0 Å². The first-order valence-corrected chi connectivity index (χ1v) is 6.18. The van der Waals surface area contributed by atoms with Crippen molar-refractivity contribution in [3.05, 3.63) is 30.1 Å². The Balaban J connectivity index is 1.95. The van der Waals surface area contributed by atoms with E-state index >= 15 is 0 Å². The average molecular weight is 247 g/mol. The molecule has 5 nitrogen and oxygen atoms in total. The minimum absolute atomic E-state index is 0.00744. The molecule has 1 aromatic rings. The van der Waals surface area contributed by atoms with Gasteiger partial charge in [-0.3, -0.25) is 14.6 Å². The summed E-state index contributed by atoms with van der Waals surface area (Å²) >= 11 is 0. The molecule has 0 aromatic carbocycles. The zero-order valence-electron chi connectivity index (χ0n) is 10.4. The van der Waals surface area contributed by atoms with Crippen molar-refractivity contribution in [3.63, 3.8) is 0 Å². The Hall–Kier alpha value is -1.91. The molecule has 1 fully saturated rings. The largest absolute Gasteiger partial charge is 0.343 e. The van der Waals surface area contributed by atoms with Gasteiger partial charge in [0.25, 0.3) is 0 Å². The molecule has 1 atom stereocenters. The maximum Gasteiger partial charge on any atom is 0.245 e. The fourth-order valence-corrected chi connectivity index (χ4v) is 2.03. The van der Waals surface area contributed by atoms with E-state index in [2.05, 4.69) is 10.3 Å². The predicted octanol–water partition coefficient (Wildman–Crippen LogP) is 0.361. The van der Waals surface area contributed by atoms with Gasteiger partial charge in [0, 0.05) is 24.9 Å². The number of hydrogen-bond acceptors (Lipinski definition) is 3. The summed E-state index contributed by atoms with van der Waals surface area (Å²) in [5.41, 5.74) is 0.935. The van der Waals surface area contributed by atoms with Crippen molar-refractivity contribution in [1.29, 1.82) is 0 Å². The summed E-state index contributed by atoms with van der Waals surface area (Å²) in [6.45, 7) is 2.59. The Labute approximate surface area is 106 Å². The standard InChI is InChI=1S/C13H17N3O2/c1-2-11-13(18)16(9-12(17)15-11)8-6-10-5-3-4-7-14-10/h3-5,7,11H,2,6,8-9H2,1H3,(H,15,17). The number of hydrogen-bond donors (Lipinski definition) is 1. The van der Waals surface area contributed by atoms with Gasteiger partial charge in [0.05, 0.1) is 6.54 Å². The van der Waals surface area contributed by atoms with Crippen LogP contribution in [0, 0.1) is 0 Å². The van der Waals surface area contributed by atoms with Crippen LogP contribution in [-0.2, 0) is 16.0 Å². The predicted molar refractivity (Wildman–Crippen MR) is 66.7 cm³/mol. The molecule has 1 N–H and O–H groups in total. The summed E-state index contributed by atoms with van der Waals surface area (Å²) in [4.78, 5) is 29.3. The third-order valence-electron chi connectivity index (χ3n) is 3.05. The Morgan fingerprint density at radius 1 is 1.44 bits per heavy atom. The number of carbonyl (C=O) groups is 2. The van der Waals surface area contributed by atoms with Gasteiger partial charge < -0.3 is 10.2 Å². The number of piperazine rings is 1. The van der Waals surface area contributed by atoms with Crippen molar-refractivity contribution in [2.75, 3.05) is 13.1 Å². The van der Waals surface area contributed by atoms with Crippen molar-refractivity contribution >= 4 is 11.8 Å². The third-order valence-corrected chi connectivity index (χ3v) is 3.05. The third kappa shape index (κ3) is 2.85. The topological polar surface area (TPSA) is 62.3 Å². The molecule has 0 bridgehead atoms. The van der Waals surface area contributed by atoms with Gasteiger partial charge in [-0.2, -0.15) is 0 Å². The van der Waals surface area contributed by atoms with E-state index in [0.29, 0.717) is 19.4 Å². The number of pyridine rings is 1. The second-order valence-corrected chi connectivity index (χ2v) is 4.36. The molecule has 18 heavy (non-hydrogen) atoms. The monoisotopic (exact) mass is 247 g/mol. The highest BCUT2D eigenvalue weighted by molar-refractivity contribution is 5.94. The molecular formula is C13H17N3O2. The molecule has 2 rings (SSSR count). The molecule has 1 aliphatic heterocycles. The lowest BCUT2D eigenvalue weighted by atomic mass is 10.1. The molecular weight excluding hydrogens is 230 g/mol. The van der Waals surface area contributed by atoms with Crippen LogP contribution in [0.5, 0.6) is 0 Å². The highest BCUT2D eigenvalue weighted by atomic mass is 16.2. The number of rotatable bonds is 4. The summed E-state index contributed by atoms with van der Waals surface area (Å²) < 4.78 is 0. The smallest absolute Gasteiger partial charge is 0.245 e. The normalized spacial score (nSPS) is 19.8. The van der Waals surface area contributed by atoms with E-state index in [0.717, 1.165) is 5.69 Å². The zero-order valence-corrected chi connectivity index (χ0v) is 10.4. The molecule has 2 heterocycles. The number of carbonyl (C=O) groups excluding carboxylic acids is 2. The lowest BCUT2D eigenvalue weighted by Crippen LogP contribution is -2.58. The van der Waals surface area contributed by atoms with E-state index in [1.54, 1.807) is 11.1 Å². The highest BCUT2D eigenvalue weighted by Gasteiger charge is 2.30. The lowest BCUT2D eigenvalue weighted by molar-refractivity contribution is -0.144. The summed E-state index contributed by atoms with van der Waals surface area (Å²) in [5, 5.41) is 2.70. The molecule has 1 aliphatic rings. The highest BCUT2D eigenvalue weighted by Crippen LogP contribution is 2.07. The van der Waals surface area contributed by atoms with Crippen LogP contribution in [0.25, 0.3) is 0 Å². The molecule has 1 aromatic heterocycles. The molecule has 0 radical (unpaired) electrons. The summed E-state index contributed by atoms with van der Waals surface area (Å²) in [6, 6.07) is 5.33. The van der Waals surface area contributed by atoms with Gasteiger partial charge in [0.1, 0.15) is 6.04 Å². The maximum atomic E-state index is 12.0. The van der Waals surface area contributed by atoms with Crippen molar-refractivity contribution in [1.82, 2.24) is 15.2 Å². The Morgan fingerprint density at radius 2 is 2.28 bits per heavy atom. The van der Waals surface area contributed by atoms with Gasteiger partial charge in [-0.15, -0.1) is 0 Å². The maximum absolute atomic E-state index is 12.0. The van der Waals surface area contributed by atoms with E-state index < -0.39 is 0 Å². The second kappa shape index (κ2) is 5.62. The molecule has 1 saturated heterocycles. The van der Waals surface area contributed by atoms with Gasteiger partial charge >= 0.3 is 0 Å². The summed E-state index contributed by atoms with van der Waals surface area (Å²) in [7, 11) is 0. The Kier molecular flexibility index (Phi) is 3.92. The van der Waals surface area contributed by atoms with Crippen LogP contribution >= 0.6 is 0 Å². The van der Waals surface area contributed by atoms with Crippen LogP contribution in [-0.4, -0.2) is 40.8 Å². The fourth-order valence-electron chi connectivity index (χ4n) is 2.03. The van der Waals surface area contributed by atoms with Crippen molar-refractivity contribution < 1.29 is 9.59 Å². The Morgan fingerprint density at radius 3 is 2.94 bits per heavy atom. The van der Waals surface area contributed by atoms with Gasteiger partial charge in [-0.05, 0) is 18.6 Å². The first-order chi connectivity index (χ1) is 8.70. The van der Waals surface area contributed by atoms with Crippen LogP contribution in [0.4, 0.5) is 0 Å². The number of nitrogens with one attached hydrogen (secondary N) is 1. The number of amides is 2. The Bertz CT molecular complexity index is 433. The second-order valence-electron chi connectivity index (χ2n) is 4.36. The SMILES string of the molecule is CCC1NC(=O)CN(CCc2ccccn2)C1=O. The van der Waals surface area contributed by atoms with Gasteiger partial charge in [-0.1, -0.05) is 13.0 Å². The van der Waals surface area contributed by atoms with E-state index in [4.69, 9.17) is 0 Å². The van der Waals surface area contributed by atoms with E-state index in [1.807, 2.05) is 25.1 Å². The molecule has 2 amide bonds.